The van der Waals surface area contributed by atoms with Gasteiger partial charge in [0.15, 0.2) is 5.78 Å². The number of carbonyl (C=O) groups excluding carboxylic acids is 1. The first-order chi connectivity index (χ1) is 9.22. The molecule has 1 aliphatic heterocycles. The summed E-state index contributed by atoms with van der Waals surface area (Å²) in [5.41, 5.74) is 0.776. The molecule has 2 rings (SSSR count). The fraction of sp³-hybridized carbons (Fsp3) is 0.562. The predicted molar refractivity (Wildman–Crippen MR) is 76.8 cm³/mol. The summed E-state index contributed by atoms with van der Waals surface area (Å²) < 4.78 is 5.10. The van der Waals surface area contributed by atoms with Crippen molar-refractivity contribution in [1.82, 2.24) is 4.90 Å². The number of benzene rings is 1. The number of piperidine rings is 1. The topological polar surface area (TPSA) is 29.5 Å². The van der Waals surface area contributed by atoms with Gasteiger partial charge in [0.1, 0.15) is 5.75 Å². The van der Waals surface area contributed by atoms with Gasteiger partial charge in [-0.2, -0.15) is 0 Å². The molecule has 0 saturated carbocycles. The summed E-state index contributed by atoms with van der Waals surface area (Å²) in [6, 6.07) is 7.38. The summed E-state index contributed by atoms with van der Waals surface area (Å²) in [6.07, 6.45) is 3.72. The molecule has 104 valence electrons. The number of likely N-dealkylation sites (tertiary alicyclic amines) is 1. The number of hydrogen-bond acceptors (Lipinski definition) is 3. The van der Waals surface area contributed by atoms with Crippen molar-refractivity contribution < 1.29 is 9.53 Å². The maximum absolute atomic E-state index is 12.2. The molecule has 1 aromatic rings. The van der Waals surface area contributed by atoms with Crippen LogP contribution in [-0.4, -0.2) is 37.4 Å². The van der Waals surface area contributed by atoms with Gasteiger partial charge in [0, 0.05) is 5.56 Å². The van der Waals surface area contributed by atoms with Gasteiger partial charge in [-0.1, -0.05) is 13.3 Å². The molecule has 0 aliphatic carbocycles. The van der Waals surface area contributed by atoms with E-state index in [0.717, 1.165) is 30.3 Å². The van der Waals surface area contributed by atoms with Gasteiger partial charge < -0.3 is 4.74 Å². The van der Waals surface area contributed by atoms with Gasteiger partial charge in [-0.05, 0) is 56.1 Å². The van der Waals surface area contributed by atoms with Crippen LogP contribution in [0.5, 0.6) is 5.75 Å². The SMILES string of the molecule is CCC1CCN(CC(=O)c2ccc(OC)cc2)CC1. The van der Waals surface area contributed by atoms with Crippen molar-refractivity contribution >= 4 is 5.78 Å². The Morgan fingerprint density at radius 2 is 1.89 bits per heavy atom. The lowest BCUT2D eigenvalue weighted by molar-refractivity contribution is 0.0894. The van der Waals surface area contributed by atoms with Crippen LogP contribution >= 0.6 is 0 Å². The Labute approximate surface area is 115 Å². The lowest BCUT2D eigenvalue weighted by Crippen LogP contribution is -2.37. The zero-order valence-corrected chi connectivity index (χ0v) is 11.9. The summed E-state index contributed by atoms with van der Waals surface area (Å²) in [6.45, 7) is 4.91. The Bertz CT molecular complexity index is 405. The quantitative estimate of drug-likeness (QED) is 0.763. The Hall–Kier alpha value is -1.35. The third-order valence-electron chi connectivity index (χ3n) is 4.06. The van der Waals surface area contributed by atoms with Crippen molar-refractivity contribution in [3.8, 4) is 5.75 Å². The molecule has 0 bridgehead atoms. The average Bonchev–Trinajstić information content (AvgIpc) is 2.48. The fourth-order valence-electron chi connectivity index (χ4n) is 2.62. The number of ketones is 1. The minimum Gasteiger partial charge on any atom is -0.497 e. The highest BCUT2D eigenvalue weighted by Gasteiger charge is 2.20. The molecule has 1 heterocycles. The lowest BCUT2D eigenvalue weighted by Gasteiger charge is -2.30. The fourth-order valence-corrected chi connectivity index (χ4v) is 2.62. The third kappa shape index (κ3) is 3.80. The molecule has 3 heteroatoms. The average molecular weight is 261 g/mol. The normalized spacial score (nSPS) is 17.4. The van der Waals surface area contributed by atoms with Crippen LogP contribution in [0.3, 0.4) is 0 Å². The van der Waals surface area contributed by atoms with Crippen LogP contribution in [-0.2, 0) is 0 Å². The van der Waals surface area contributed by atoms with Gasteiger partial charge in [-0.15, -0.1) is 0 Å². The monoisotopic (exact) mass is 261 g/mol. The van der Waals surface area contributed by atoms with Gasteiger partial charge in [-0.3, -0.25) is 9.69 Å². The molecular weight excluding hydrogens is 238 g/mol. The standard InChI is InChI=1S/C16H23NO2/c1-3-13-8-10-17(11-9-13)12-16(18)14-4-6-15(19-2)7-5-14/h4-7,13H,3,8-12H2,1-2H3. The maximum Gasteiger partial charge on any atom is 0.176 e. The van der Waals surface area contributed by atoms with Gasteiger partial charge in [0.05, 0.1) is 13.7 Å². The van der Waals surface area contributed by atoms with Crippen LogP contribution in [0.1, 0.15) is 36.5 Å². The second kappa shape index (κ2) is 6.71. The minimum atomic E-state index is 0.206. The number of Topliss-reactive ketones (excluding diaryl/α,β-unsaturated/α-hetero) is 1. The van der Waals surface area contributed by atoms with E-state index in [4.69, 9.17) is 4.74 Å². The number of methoxy groups -OCH3 is 1. The largest absolute Gasteiger partial charge is 0.497 e. The molecule has 0 aromatic heterocycles. The van der Waals surface area contributed by atoms with Crippen LogP contribution < -0.4 is 4.74 Å². The first kappa shape index (κ1) is 14.1. The molecule has 3 nitrogen and oxygen atoms in total. The molecule has 0 amide bonds. The summed E-state index contributed by atoms with van der Waals surface area (Å²) >= 11 is 0. The molecule has 1 fully saturated rings. The van der Waals surface area contributed by atoms with Gasteiger partial charge in [-0.25, -0.2) is 0 Å². The highest BCUT2D eigenvalue weighted by Crippen LogP contribution is 2.20. The smallest absolute Gasteiger partial charge is 0.176 e. The number of hydrogen-bond donors (Lipinski definition) is 0. The van der Waals surface area contributed by atoms with E-state index in [9.17, 15) is 4.79 Å². The Morgan fingerprint density at radius 3 is 2.42 bits per heavy atom. The van der Waals surface area contributed by atoms with Crippen LogP contribution in [0, 0.1) is 5.92 Å². The maximum atomic E-state index is 12.2. The van der Waals surface area contributed by atoms with Crippen LogP contribution in [0.4, 0.5) is 0 Å². The Balaban J connectivity index is 1.87. The highest BCUT2D eigenvalue weighted by atomic mass is 16.5. The third-order valence-corrected chi connectivity index (χ3v) is 4.06. The summed E-state index contributed by atoms with van der Waals surface area (Å²) in [4.78, 5) is 14.5. The molecule has 1 aliphatic rings. The van der Waals surface area contributed by atoms with E-state index in [1.807, 2.05) is 24.3 Å². The van der Waals surface area contributed by atoms with Gasteiger partial charge in [0.25, 0.3) is 0 Å². The predicted octanol–water partition coefficient (Wildman–Crippen LogP) is 3.00. The molecule has 1 saturated heterocycles. The number of rotatable bonds is 5. The summed E-state index contributed by atoms with van der Waals surface area (Å²) in [5.74, 6) is 1.85. The lowest BCUT2D eigenvalue weighted by atomic mass is 9.94. The number of nitrogens with zero attached hydrogens (tertiary/aromatic N) is 1. The minimum absolute atomic E-state index is 0.206. The first-order valence-corrected chi connectivity index (χ1v) is 7.12. The number of ether oxygens (including phenoxy) is 1. The molecule has 0 atom stereocenters. The molecule has 0 spiro atoms. The van der Waals surface area contributed by atoms with E-state index in [2.05, 4.69) is 11.8 Å². The van der Waals surface area contributed by atoms with Crippen molar-refractivity contribution in [1.29, 1.82) is 0 Å². The van der Waals surface area contributed by atoms with E-state index < -0.39 is 0 Å². The van der Waals surface area contributed by atoms with Crippen molar-refractivity contribution in [2.75, 3.05) is 26.7 Å². The summed E-state index contributed by atoms with van der Waals surface area (Å²) in [5, 5.41) is 0. The van der Waals surface area contributed by atoms with Crippen molar-refractivity contribution in [3.05, 3.63) is 29.8 Å². The molecule has 1 aromatic carbocycles. The van der Waals surface area contributed by atoms with Crippen LogP contribution in [0.25, 0.3) is 0 Å². The van der Waals surface area contributed by atoms with E-state index in [0.29, 0.717) is 6.54 Å². The van der Waals surface area contributed by atoms with E-state index >= 15 is 0 Å². The highest BCUT2D eigenvalue weighted by molar-refractivity contribution is 5.97. The number of carbonyl (C=O) groups is 1. The second-order valence-corrected chi connectivity index (χ2v) is 5.28. The van der Waals surface area contributed by atoms with E-state index in [1.165, 1.54) is 19.3 Å². The van der Waals surface area contributed by atoms with Crippen molar-refractivity contribution in [2.24, 2.45) is 5.92 Å². The molecule has 0 radical (unpaired) electrons. The molecule has 19 heavy (non-hydrogen) atoms. The Morgan fingerprint density at radius 1 is 1.26 bits per heavy atom. The second-order valence-electron chi connectivity index (χ2n) is 5.28. The van der Waals surface area contributed by atoms with Gasteiger partial charge >= 0.3 is 0 Å². The zero-order chi connectivity index (χ0) is 13.7. The van der Waals surface area contributed by atoms with Crippen LogP contribution in [0.15, 0.2) is 24.3 Å². The zero-order valence-electron chi connectivity index (χ0n) is 11.9. The first-order valence-electron chi connectivity index (χ1n) is 7.12. The Kier molecular flexibility index (Phi) is 4.97. The molecule has 0 N–H and O–H groups in total. The van der Waals surface area contributed by atoms with Gasteiger partial charge in [0.2, 0.25) is 0 Å². The summed E-state index contributed by atoms with van der Waals surface area (Å²) in [7, 11) is 1.63. The molecular formula is C16H23NO2. The van der Waals surface area contributed by atoms with E-state index in [1.54, 1.807) is 7.11 Å². The van der Waals surface area contributed by atoms with Crippen LogP contribution in [0.2, 0.25) is 0 Å². The van der Waals surface area contributed by atoms with E-state index in [-0.39, 0.29) is 5.78 Å². The van der Waals surface area contributed by atoms with Crippen molar-refractivity contribution in [2.45, 2.75) is 26.2 Å². The van der Waals surface area contributed by atoms with Crippen molar-refractivity contribution in [3.63, 3.8) is 0 Å². The molecule has 0 unspecified atom stereocenters.